The molecule has 0 aromatic heterocycles. The molecule has 9 heavy (non-hydrogen) atoms. The van der Waals surface area contributed by atoms with Crippen molar-refractivity contribution in [2.75, 3.05) is 0 Å². The molecule has 1 rings (SSSR count). The van der Waals surface area contributed by atoms with Crippen LogP contribution in [-0.4, -0.2) is 0 Å². The molecule has 1 radical (unpaired) electrons. The van der Waals surface area contributed by atoms with E-state index in [0.717, 1.165) is 5.56 Å². The van der Waals surface area contributed by atoms with Crippen molar-refractivity contribution in [2.24, 2.45) is 0 Å². The Morgan fingerprint density at radius 3 is 2.00 bits per heavy atom. The van der Waals surface area contributed by atoms with Crippen molar-refractivity contribution in [2.45, 2.75) is 0 Å². The number of hydrogen-bond donors (Lipinski definition) is 0. The molecule has 0 N–H and O–H groups in total. The number of rotatable bonds is 0. The molecule has 0 saturated carbocycles. The first-order chi connectivity index (χ1) is 3.93. The summed E-state index contributed by atoms with van der Waals surface area (Å²) in [6.45, 7) is 0. The van der Waals surface area contributed by atoms with Gasteiger partial charge in [0.15, 0.2) is 0 Å². The minimum absolute atomic E-state index is 0. The fourth-order valence-electron chi connectivity index (χ4n) is 0.534. The van der Waals surface area contributed by atoms with Gasteiger partial charge in [-0.05, 0) is 12.1 Å². The fraction of sp³-hybridized carbons (Fsp3) is 0. The van der Waals surface area contributed by atoms with E-state index < -0.39 is 0 Å². The minimum Gasteiger partial charge on any atom is -0.115 e. The van der Waals surface area contributed by atoms with Gasteiger partial charge in [0.1, 0.15) is 0 Å². The molecular weight excluding hydrogens is 155 g/mol. The van der Waals surface area contributed by atoms with E-state index in [1.54, 1.807) is 0 Å². The van der Waals surface area contributed by atoms with Gasteiger partial charge >= 0.3 is 0 Å². The van der Waals surface area contributed by atoms with Gasteiger partial charge in [0.25, 0.3) is 0 Å². The van der Waals surface area contributed by atoms with E-state index in [2.05, 4.69) is 5.92 Å². The Morgan fingerprint density at radius 1 is 1.11 bits per heavy atom. The summed E-state index contributed by atoms with van der Waals surface area (Å²) in [6.07, 6.45) is 5.10. The summed E-state index contributed by atoms with van der Waals surface area (Å²) in [5.41, 5.74) is 0.938. The molecule has 47 valence electrons. The topological polar surface area (TPSA) is 0 Å². The van der Waals surface area contributed by atoms with Gasteiger partial charge in [0.05, 0.1) is 0 Å². The monoisotopic (exact) mass is 161 g/mol. The fourth-order valence-corrected chi connectivity index (χ4v) is 0.534. The molecule has 0 spiro atoms. The zero-order valence-corrected chi connectivity index (χ0v) is 5.84. The Balaban J connectivity index is 0.000000640. The maximum atomic E-state index is 5.10. The molecule has 0 aliphatic rings. The molecule has 0 saturated heterocycles. The molecule has 0 amide bonds. The van der Waals surface area contributed by atoms with Crippen molar-refractivity contribution < 1.29 is 16.8 Å². The van der Waals surface area contributed by atoms with Crippen molar-refractivity contribution in [1.29, 1.82) is 0 Å². The van der Waals surface area contributed by atoms with Crippen molar-refractivity contribution in [3.8, 4) is 12.3 Å². The average Bonchev–Trinajstić information content (AvgIpc) is 1.90. The van der Waals surface area contributed by atoms with E-state index in [-0.39, 0.29) is 16.8 Å². The van der Waals surface area contributed by atoms with Crippen LogP contribution in [0, 0.1) is 12.3 Å². The third kappa shape index (κ3) is 2.36. The van der Waals surface area contributed by atoms with E-state index in [4.69, 9.17) is 6.42 Å². The van der Waals surface area contributed by atoms with Crippen molar-refractivity contribution in [3.63, 3.8) is 0 Å². The van der Waals surface area contributed by atoms with Crippen molar-refractivity contribution >= 4 is 0 Å². The van der Waals surface area contributed by atoms with Crippen LogP contribution < -0.4 is 0 Å². The molecule has 0 heterocycles. The van der Waals surface area contributed by atoms with Crippen LogP contribution in [0.2, 0.25) is 0 Å². The molecule has 0 nitrogen and oxygen atoms in total. The zero-order valence-electron chi connectivity index (χ0n) is 4.80. The van der Waals surface area contributed by atoms with Gasteiger partial charge in [-0.25, -0.2) is 0 Å². The Bertz CT molecular complexity index is 196. The van der Waals surface area contributed by atoms with Crippen LogP contribution in [0.3, 0.4) is 0 Å². The van der Waals surface area contributed by atoms with Crippen LogP contribution in [0.4, 0.5) is 0 Å². The summed E-state index contributed by atoms with van der Waals surface area (Å²) in [5, 5.41) is 0. The standard InChI is InChI=1S/C8H6.Co/c1-2-8-6-4-3-5-7-8;/h1,3-7H;. The molecule has 0 unspecified atom stereocenters. The van der Waals surface area contributed by atoms with E-state index in [1.807, 2.05) is 30.3 Å². The number of benzene rings is 1. The van der Waals surface area contributed by atoms with Crippen molar-refractivity contribution in [3.05, 3.63) is 35.9 Å². The van der Waals surface area contributed by atoms with Gasteiger partial charge in [-0.2, -0.15) is 0 Å². The van der Waals surface area contributed by atoms with Crippen molar-refractivity contribution in [1.82, 2.24) is 0 Å². The first-order valence-electron chi connectivity index (χ1n) is 2.45. The normalized spacial score (nSPS) is 7.00. The Hall–Kier alpha value is -0.714. The van der Waals surface area contributed by atoms with Crippen LogP contribution in [0.1, 0.15) is 5.56 Å². The minimum atomic E-state index is 0. The third-order valence-electron chi connectivity index (χ3n) is 0.940. The molecular formula is C8H6Co. The number of hydrogen-bond acceptors (Lipinski definition) is 0. The first-order valence-corrected chi connectivity index (χ1v) is 2.45. The molecule has 1 aromatic rings. The predicted molar refractivity (Wildman–Crippen MR) is 34.4 cm³/mol. The first kappa shape index (κ1) is 8.29. The molecule has 0 fully saturated rings. The average molecular weight is 161 g/mol. The van der Waals surface area contributed by atoms with Crippen LogP contribution in [0.25, 0.3) is 0 Å². The van der Waals surface area contributed by atoms with Crippen LogP contribution in [0.15, 0.2) is 30.3 Å². The maximum Gasteiger partial charge on any atom is 0.0242 e. The summed E-state index contributed by atoms with van der Waals surface area (Å²) >= 11 is 0. The molecule has 1 aromatic carbocycles. The Kier molecular flexibility index (Phi) is 3.86. The maximum absolute atomic E-state index is 5.10. The molecule has 0 aliphatic heterocycles. The van der Waals surface area contributed by atoms with Gasteiger partial charge in [0, 0.05) is 22.3 Å². The van der Waals surface area contributed by atoms with E-state index in [1.165, 1.54) is 0 Å². The smallest absolute Gasteiger partial charge is 0.0242 e. The van der Waals surface area contributed by atoms with Crippen LogP contribution in [-0.2, 0) is 16.8 Å². The molecule has 0 aliphatic carbocycles. The van der Waals surface area contributed by atoms with Gasteiger partial charge in [0.2, 0.25) is 0 Å². The van der Waals surface area contributed by atoms with Gasteiger partial charge in [-0.15, -0.1) is 6.42 Å². The Morgan fingerprint density at radius 2 is 1.67 bits per heavy atom. The van der Waals surface area contributed by atoms with Gasteiger partial charge < -0.3 is 0 Å². The summed E-state index contributed by atoms with van der Waals surface area (Å²) in [7, 11) is 0. The molecule has 1 heteroatoms. The van der Waals surface area contributed by atoms with Crippen LogP contribution >= 0.6 is 0 Å². The SMILES string of the molecule is C#Cc1ccccc1.[Co]. The predicted octanol–water partition coefficient (Wildman–Crippen LogP) is 1.67. The molecule has 0 atom stereocenters. The zero-order chi connectivity index (χ0) is 5.82. The van der Waals surface area contributed by atoms with Crippen LogP contribution in [0.5, 0.6) is 0 Å². The molecule has 0 bridgehead atoms. The second kappa shape index (κ2) is 4.19. The van der Waals surface area contributed by atoms with E-state index >= 15 is 0 Å². The second-order valence-electron chi connectivity index (χ2n) is 1.51. The second-order valence-corrected chi connectivity index (χ2v) is 1.51. The summed E-state index contributed by atoms with van der Waals surface area (Å²) in [5.74, 6) is 2.53. The number of terminal acetylenes is 1. The third-order valence-corrected chi connectivity index (χ3v) is 0.940. The summed E-state index contributed by atoms with van der Waals surface area (Å²) in [4.78, 5) is 0. The van der Waals surface area contributed by atoms with Gasteiger partial charge in [-0.3, -0.25) is 0 Å². The summed E-state index contributed by atoms with van der Waals surface area (Å²) in [6, 6.07) is 9.60. The van der Waals surface area contributed by atoms with Gasteiger partial charge in [-0.1, -0.05) is 24.1 Å². The van der Waals surface area contributed by atoms with E-state index in [0.29, 0.717) is 0 Å². The quantitative estimate of drug-likeness (QED) is 0.507. The van der Waals surface area contributed by atoms with E-state index in [9.17, 15) is 0 Å². The summed E-state index contributed by atoms with van der Waals surface area (Å²) < 4.78 is 0. The largest absolute Gasteiger partial charge is 0.115 e. The Labute approximate surface area is 65.5 Å².